The Morgan fingerprint density at radius 2 is 1.68 bits per heavy atom. The zero-order chi connectivity index (χ0) is 20.7. The van der Waals surface area contributed by atoms with Crippen molar-refractivity contribution in [3.05, 3.63) is 59.7 Å². The van der Waals surface area contributed by atoms with Gasteiger partial charge in [0.1, 0.15) is 5.75 Å². The Bertz CT molecular complexity index is 817. The fourth-order valence-corrected chi connectivity index (χ4v) is 2.19. The van der Waals surface area contributed by atoms with E-state index in [1.54, 1.807) is 12.1 Å². The molecule has 0 atom stereocenters. The molecule has 0 aliphatic heterocycles. The number of carbonyl (C=O) groups is 2. The summed E-state index contributed by atoms with van der Waals surface area (Å²) in [7, 11) is 0. The van der Waals surface area contributed by atoms with Crippen LogP contribution in [0.2, 0.25) is 0 Å². The number of benzene rings is 2. The first-order valence-corrected chi connectivity index (χ1v) is 8.53. The predicted octanol–water partition coefficient (Wildman–Crippen LogP) is 4.54. The van der Waals surface area contributed by atoms with Gasteiger partial charge in [-0.25, -0.2) is 4.79 Å². The van der Waals surface area contributed by atoms with Crippen molar-refractivity contribution in [2.45, 2.75) is 20.0 Å². The van der Waals surface area contributed by atoms with Gasteiger partial charge < -0.3 is 14.8 Å². The third-order valence-corrected chi connectivity index (χ3v) is 3.51. The van der Waals surface area contributed by atoms with Gasteiger partial charge in [0.2, 0.25) is 0 Å². The molecule has 0 unspecified atom stereocenters. The van der Waals surface area contributed by atoms with Crippen LogP contribution in [0, 0.1) is 5.92 Å². The van der Waals surface area contributed by atoms with Gasteiger partial charge in [-0.2, -0.15) is 13.2 Å². The maximum absolute atomic E-state index is 12.9. The Morgan fingerprint density at radius 3 is 2.29 bits per heavy atom. The summed E-state index contributed by atoms with van der Waals surface area (Å²) in [6, 6.07) is 10.7. The monoisotopic (exact) mass is 395 g/mol. The summed E-state index contributed by atoms with van der Waals surface area (Å²) in [6.45, 7) is 3.83. The summed E-state index contributed by atoms with van der Waals surface area (Å²) in [4.78, 5) is 23.8. The van der Waals surface area contributed by atoms with E-state index >= 15 is 0 Å². The second-order valence-corrected chi connectivity index (χ2v) is 6.40. The highest BCUT2D eigenvalue weighted by Crippen LogP contribution is 2.34. The van der Waals surface area contributed by atoms with Crippen molar-refractivity contribution >= 4 is 17.6 Å². The van der Waals surface area contributed by atoms with Gasteiger partial charge in [-0.15, -0.1) is 0 Å². The molecule has 5 nitrogen and oxygen atoms in total. The summed E-state index contributed by atoms with van der Waals surface area (Å²) < 4.78 is 49.1. The van der Waals surface area contributed by atoms with Gasteiger partial charge in [-0.1, -0.05) is 26.0 Å². The van der Waals surface area contributed by atoms with Crippen LogP contribution < -0.4 is 10.1 Å². The lowest BCUT2D eigenvalue weighted by molar-refractivity contribution is -0.137. The molecule has 0 aliphatic rings. The highest BCUT2D eigenvalue weighted by atomic mass is 19.4. The maximum Gasteiger partial charge on any atom is 0.418 e. The van der Waals surface area contributed by atoms with Gasteiger partial charge in [0.15, 0.2) is 6.61 Å². The molecular formula is C20H20F3NO4. The number of alkyl halides is 3. The predicted molar refractivity (Wildman–Crippen MR) is 97.1 cm³/mol. The summed E-state index contributed by atoms with van der Waals surface area (Å²) in [5, 5.41) is 2.10. The first-order valence-electron chi connectivity index (χ1n) is 8.53. The molecule has 0 fully saturated rings. The van der Waals surface area contributed by atoms with Crippen molar-refractivity contribution in [1.82, 2.24) is 0 Å². The molecule has 150 valence electrons. The van der Waals surface area contributed by atoms with Gasteiger partial charge in [0.25, 0.3) is 5.91 Å². The van der Waals surface area contributed by atoms with Crippen LogP contribution in [0.15, 0.2) is 48.5 Å². The molecule has 0 saturated heterocycles. The number of amides is 1. The van der Waals surface area contributed by atoms with E-state index in [2.05, 4.69) is 5.32 Å². The van der Waals surface area contributed by atoms with Crippen LogP contribution in [-0.4, -0.2) is 25.1 Å². The van der Waals surface area contributed by atoms with Gasteiger partial charge >= 0.3 is 12.1 Å². The van der Waals surface area contributed by atoms with Crippen molar-refractivity contribution < 1.29 is 32.2 Å². The van der Waals surface area contributed by atoms with E-state index in [1.165, 1.54) is 24.3 Å². The molecule has 1 amide bonds. The van der Waals surface area contributed by atoms with Gasteiger partial charge in [0, 0.05) is 0 Å². The smallest absolute Gasteiger partial charge is 0.418 e. The minimum atomic E-state index is -4.61. The van der Waals surface area contributed by atoms with E-state index in [1.807, 2.05) is 13.8 Å². The number of rotatable bonds is 7. The molecule has 0 radical (unpaired) electrons. The number of hydrogen-bond acceptors (Lipinski definition) is 4. The molecule has 8 heteroatoms. The van der Waals surface area contributed by atoms with Crippen LogP contribution in [0.3, 0.4) is 0 Å². The highest BCUT2D eigenvalue weighted by Gasteiger charge is 2.33. The summed E-state index contributed by atoms with van der Waals surface area (Å²) >= 11 is 0. The number of esters is 1. The molecule has 1 N–H and O–H groups in total. The molecule has 0 spiro atoms. The summed E-state index contributed by atoms with van der Waals surface area (Å²) in [6.07, 6.45) is -4.61. The van der Waals surface area contributed by atoms with E-state index < -0.39 is 35.9 Å². The van der Waals surface area contributed by atoms with E-state index in [0.29, 0.717) is 18.3 Å². The van der Waals surface area contributed by atoms with Crippen LogP contribution in [0.1, 0.15) is 29.8 Å². The van der Waals surface area contributed by atoms with Gasteiger partial charge in [-0.05, 0) is 42.3 Å². The molecule has 0 saturated carbocycles. The Hall–Kier alpha value is -3.03. The number of ether oxygens (including phenoxy) is 2. The zero-order valence-corrected chi connectivity index (χ0v) is 15.4. The minimum absolute atomic E-state index is 0.195. The van der Waals surface area contributed by atoms with Gasteiger partial charge in [0.05, 0.1) is 23.4 Å². The van der Waals surface area contributed by atoms with Crippen molar-refractivity contribution in [2.75, 3.05) is 18.5 Å². The normalized spacial score (nSPS) is 11.2. The van der Waals surface area contributed by atoms with E-state index in [9.17, 15) is 22.8 Å². The SMILES string of the molecule is CC(C)COc1ccc(C(=O)OCC(=O)Nc2ccccc2C(F)(F)F)cc1. The van der Waals surface area contributed by atoms with Crippen LogP contribution in [0.5, 0.6) is 5.75 Å². The zero-order valence-electron chi connectivity index (χ0n) is 15.4. The van der Waals surface area contributed by atoms with Gasteiger partial charge in [-0.3, -0.25) is 4.79 Å². The number of para-hydroxylation sites is 1. The lowest BCUT2D eigenvalue weighted by atomic mass is 10.1. The van der Waals surface area contributed by atoms with Crippen molar-refractivity contribution in [2.24, 2.45) is 5.92 Å². The van der Waals surface area contributed by atoms with Crippen molar-refractivity contribution in [3.63, 3.8) is 0 Å². The maximum atomic E-state index is 12.9. The van der Waals surface area contributed by atoms with Crippen molar-refractivity contribution in [3.8, 4) is 5.75 Å². The molecule has 2 aromatic carbocycles. The highest BCUT2D eigenvalue weighted by molar-refractivity contribution is 5.96. The summed E-state index contributed by atoms with van der Waals surface area (Å²) in [5.41, 5.74) is -1.19. The third-order valence-electron chi connectivity index (χ3n) is 3.51. The lowest BCUT2D eigenvalue weighted by Gasteiger charge is -2.13. The quantitative estimate of drug-likeness (QED) is 0.700. The minimum Gasteiger partial charge on any atom is -0.493 e. The Kier molecular flexibility index (Phi) is 7.03. The fourth-order valence-electron chi connectivity index (χ4n) is 2.19. The molecule has 0 aromatic heterocycles. The van der Waals surface area contributed by atoms with Crippen LogP contribution >= 0.6 is 0 Å². The molecule has 2 rings (SSSR count). The van der Waals surface area contributed by atoms with E-state index in [0.717, 1.165) is 12.1 Å². The van der Waals surface area contributed by atoms with Crippen molar-refractivity contribution in [1.29, 1.82) is 0 Å². The van der Waals surface area contributed by atoms with Crippen LogP contribution in [-0.2, 0) is 15.7 Å². The molecule has 2 aromatic rings. The standard InChI is InChI=1S/C20H20F3NO4/c1-13(2)11-27-15-9-7-14(8-10-15)19(26)28-12-18(25)24-17-6-4-3-5-16(17)20(21,22)23/h3-10,13H,11-12H2,1-2H3,(H,24,25). The second kappa shape index (κ2) is 9.25. The molecular weight excluding hydrogens is 375 g/mol. The third kappa shape index (κ3) is 6.29. The molecule has 0 bridgehead atoms. The van der Waals surface area contributed by atoms with E-state index in [4.69, 9.17) is 9.47 Å². The average Bonchev–Trinajstić information content (AvgIpc) is 2.64. The summed E-state index contributed by atoms with van der Waals surface area (Å²) in [5.74, 6) is -0.700. The topological polar surface area (TPSA) is 64.6 Å². The number of nitrogens with one attached hydrogen (secondary N) is 1. The Labute approximate surface area is 160 Å². The Morgan fingerprint density at radius 1 is 1.04 bits per heavy atom. The van der Waals surface area contributed by atoms with Crippen LogP contribution in [0.4, 0.5) is 18.9 Å². The molecule has 28 heavy (non-hydrogen) atoms. The number of hydrogen-bond donors (Lipinski definition) is 1. The lowest BCUT2D eigenvalue weighted by Crippen LogP contribution is -2.22. The fraction of sp³-hybridized carbons (Fsp3) is 0.300. The largest absolute Gasteiger partial charge is 0.493 e. The number of carbonyl (C=O) groups excluding carboxylic acids is 2. The van der Waals surface area contributed by atoms with E-state index in [-0.39, 0.29) is 5.56 Å². The number of halogens is 3. The first kappa shape index (κ1) is 21.3. The molecule has 0 heterocycles. The average molecular weight is 395 g/mol. The Balaban J connectivity index is 1.90. The number of anilines is 1. The van der Waals surface area contributed by atoms with Crippen LogP contribution in [0.25, 0.3) is 0 Å². The second-order valence-electron chi connectivity index (χ2n) is 6.40. The first-order chi connectivity index (χ1) is 13.2. The molecule has 0 aliphatic carbocycles.